The second-order valence-electron chi connectivity index (χ2n) is 10.6. The first-order chi connectivity index (χ1) is 18.3. The molecular formula is C29H34ClN5O3. The zero-order valence-corrected chi connectivity index (χ0v) is 22.9. The summed E-state index contributed by atoms with van der Waals surface area (Å²) in [5, 5.41) is 0.542. The summed E-state index contributed by atoms with van der Waals surface area (Å²) in [6, 6.07) is 10.6. The third-order valence-electron chi connectivity index (χ3n) is 7.40. The lowest BCUT2D eigenvalue weighted by Crippen LogP contribution is -2.46. The van der Waals surface area contributed by atoms with E-state index in [1.165, 1.54) is 11.1 Å². The van der Waals surface area contributed by atoms with Crippen molar-refractivity contribution in [2.24, 2.45) is 5.92 Å². The van der Waals surface area contributed by atoms with Crippen molar-refractivity contribution in [1.29, 1.82) is 0 Å². The molecule has 8 nitrogen and oxygen atoms in total. The Balaban J connectivity index is 1.26. The Kier molecular flexibility index (Phi) is 7.70. The molecule has 9 heteroatoms. The summed E-state index contributed by atoms with van der Waals surface area (Å²) in [5.74, 6) is 0.736. The molecule has 1 N–H and O–H groups in total. The number of pyridine rings is 1. The number of piperidine rings is 1. The zero-order chi connectivity index (χ0) is 26.8. The van der Waals surface area contributed by atoms with Crippen molar-refractivity contribution in [1.82, 2.24) is 24.8 Å². The van der Waals surface area contributed by atoms with Crippen LogP contribution < -0.4 is 4.74 Å². The number of rotatable bonds is 6. The van der Waals surface area contributed by atoms with Crippen molar-refractivity contribution >= 4 is 40.2 Å². The smallest absolute Gasteiger partial charge is 0.319 e. The van der Waals surface area contributed by atoms with Crippen molar-refractivity contribution in [3.63, 3.8) is 0 Å². The number of ketones is 1. The fraction of sp³-hybridized carbons (Fsp3) is 0.448. The normalized spacial score (nSPS) is 18.4. The number of halogens is 1. The second kappa shape index (κ2) is 11.2. The number of nitrogens with one attached hydrogen (secondary N) is 1. The molecule has 1 saturated heterocycles. The number of urea groups is 1. The summed E-state index contributed by atoms with van der Waals surface area (Å²) in [6.07, 6.45) is 7.42. The van der Waals surface area contributed by atoms with Crippen LogP contribution in [-0.2, 0) is 4.79 Å². The average Bonchev–Trinajstić information content (AvgIpc) is 3.29. The molecule has 1 aliphatic heterocycles. The number of likely N-dealkylation sites (tertiary alicyclic amines) is 1. The number of hydrogen-bond acceptors (Lipinski definition) is 5. The van der Waals surface area contributed by atoms with Crippen LogP contribution in [0.4, 0.5) is 4.79 Å². The molecule has 1 aliphatic carbocycles. The van der Waals surface area contributed by atoms with E-state index in [0.29, 0.717) is 47.8 Å². The van der Waals surface area contributed by atoms with Gasteiger partial charge in [0, 0.05) is 52.0 Å². The Morgan fingerprint density at radius 2 is 1.82 bits per heavy atom. The zero-order valence-electron chi connectivity index (χ0n) is 22.2. The number of hydrogen-bond donors (Lipinski definition) is 1. The quantitative estimate of drug-likeness (QED) is 0.420. The summed E-state index contributed by atoms with van der Waals surface area (Å²) >= 11 is 6.62. The summed E-state index contributed by atoms with van der Waals surface area (Å²) in [5.41, 5.74) is 5.40. The Bertz CT molecular complexity index is 1360. The van der Waals surface area contributed by atoms with E-state index in [1.807, 2.05) is 23.1 Å². The van der Waals surface area contributed by atoms with Crippen molar-refractivity contribution in [2.45, 2.75) is 51.6 Å². The van der Waals surface area contributed by atoms with E-state index in [0.717, 1.165) is 43.2 Å². The molecule has 200 valence electrons. The molecule has 1 fully saturated rings. The lowest BCUT2D eigenvalue weighted by Gasteiger charge is -2.33. The van der Waals surface area contributed by atoms with Crippen LogP contribution in [0.5, 0.6) is 6.01 Å². The number of amides is 2. The van der Waals surface area contributed by atoms with Gasteiger partial charge in [-0.2, -0.15) is 4.98 Å². The first kappa shape index (κ1) is 26.2. The number of aromatic nitrogens is 3. The van der Waals surface area contributed by atoms with Crippen molar-refractivity contribution < 1.29 is 14.3 Å². The van der Waals surface area contributed by atoms with Crippen molar-refractivity contribution in [3.8, 4) is 17.3 Å². The predicted octanol–water partition coefficient (Wildman–Crippen LogP) is 5.97. The molecule has 2 aliphatic rings. The molecule has 0 saturated carbocycles. The molecule has 0 spiro atoms. The molecule has 5 rings (SSSR count). The van der Waals surface area contributed by atoms with Gasteiger partial charge in [0.05, 0.1) is 16.2 Å². The van der Waals surface area contributed by atoms with Crippen LogP contribution >= 0.6 is 11.6 Å². The minimum atomic E-state index is -0.0175. The number of imidazole rings is 1. The van der Waals surface area contributed by atoms with Crippen molar-refractivity contribution in [2.75, 3.05) is 27.2 Å². The number of ether oxygens (including phenoxy) is 1. The van der Waals surface area contributed by atoms with Gasteiger partial charge in [0.25, 0.3) is 6.01 Å². The highest BCUT2D eigenvalue weighted by atomic mass is 35.5. The molecule has 3 aromatic rings. The molecule has 2 aromatic heterocycles. The summed E-state index contributed by atoms with van der Waals surface area (Å²) in [7, 11) is 3.53. The maximum absolute atomic E-state index is 12.2. The van der Waals surface area contributed by atoms with Gasteiger partial charge in [0.1, 0.15) is 11.9 Å². The minimum Gasteiger partial charge on any atom is -0.461 e. The van der Waals surface area contributed by atoms with Gasteiger partial charge in [-0.05, 0) is 49.3 Å². The highest BCUT2D eigenvalue weighted by Gasteiger charge is 2.26. The molecule has 3 heterocycles. The number of Topliss-reactive ketones (excluding diaryl/α,β-unsaturated/α-hetero) is 1. The van der Waals surface area contributed by atoms with Gasteiger partial charge < -0.3 is 24.3 Å². The van der Waals surface area contributed by atoms with E-state index < -0.39 is 0 Å². The molecule has 0 radical (unpaired) electrons. The Morgan fingerprint density at radius 3 is 2.45 bits per heavy atom. The van der Waals surface area contributed by atoms with Gasteiger partial charge in [-0.1, -0.05) is 41.9 Å². The first-order valence-corrected chi connectivity index (χ1v) is 13.6. The van der Waals surface area contributed by atoms with E-state index >= 15 is 0 Å². The van der Waals surface area contributed by atoms with Gasteiger partial charge in [-0.25, -0.2) is 9.78 Å². The number of nitrogens with zero attached hydrogens (tertiary/aromatic N) is 4. The van der Waals surface area contributed by atoms with Crippen LogP contribution in [0, 0.1) is 5.92 Å². The molecule has 1 atom stereocenters. The number of fused-ring (bicyclic) bond motifs is 1. The molecule has 2 amide bonds. The number of benzene rings is 1. The molecular weight excluding hydrogens is 502 g/mol. The van der Waals surface area contributed by atoms with Gasteiger partial charge in [-0.15, -0.1) is 0 Å². The lowest BCUT2D eigenvalue weighted by atomic mass is 9.84. The second-order valence-corrected chi connectivity index (χ2v) is 11.0. The highest BCUT2D eigenvalue weighted by Crippen LogP contribution is 2.34. The van der Waals surface area contributed by atoms with Crippen LogP contribution in [0.25, 0.3) is 28.0 Å². The highest BCUT2D eigenvalue weighted by molar-refractivity contribution is 6.33. The predicted molar refractivity (Wildman–Crippen MR) is 149 cm³/mol. The van der Waals surface area contributed by atoms with E-state index in [-0.39, 0.29) is 17.9 Å². The largest absolute Gasteiger partial charge is 0.461 e. The van der Waals surface area contributed by atoms with Gasteiger partial charge in [0.2, 0.25) is 0 Å². The minimum absolute atomic E-state index is 0.0175. The van der Waals surface area contributed by atoms with E-state index in [4.69, 9.17) is 21.3 Å². The number of carbonyl (C=O) groups is 2. The standard InChI is InChI=1S/C29H34ClN5O3/c1-18(36)16-19-4-6-20(7-5-19)21-8-10-22(11-9-21)26-24(30)17-25-27(32-26)33-28(31-25)38-23-12-14-35(15-13-23)29(37)34(2)3/h6,8-11,17,19,23H,4-5,7,12-16H2,1-3H3,(H,31,32,33). The van der Waals surface area contributed by atoms with Crippen LogP contribution in [0.15, 0.2) is 36.4 Å². The lowest BCUT2D eigenvalue weighted by molar-refractivity contribution is -0.117. The van der Waals surface area contributed by atoms with Crippen LogP contribution in [0.3, 0.4) is 0 Å². The molecule has 1 unspecified atom stereocenters. The van der Waals surface area contributed by atoms with E-state index in [9.17, 15) is 9.59 Å². The van der Waals surface area contributed by atoms with E-state index in [1.54, 1.807) is 25.9 Å². The molecule has 38 heavy (non-hydrogen) atoms. The third kappa shape index (κ3) is 5.85. The molecule has 0 bridgehead atoms. The number of carbonyl (C=O) groups excluding carboxylic acids is 2. The summed E-state index contributed by atoms with van der Waals surface area (Å²) < 4.78 is 6.10. The average molecular weight is 536 g/mol. The third-order valence-corrected chi connectivity index (χ3v) is 7.69. The number of allylic oxidation sites excluding steroid dienone is 2. The molecule has 1 aromatic carbocycles. The maximum Gasteiger partial charge on any atom is 0.319 e. The monoisotopic (exact) mass is 535 g/mol. The summed E-state index contributed by atoms with van der Waals surface area (Å²) in [6.45, 7) is 2.98. The fourth-order valence-electron chi connectivity index (χ4n) is 5.34. The van der Waals surface area contributed by atoms with Crippen LogP contribution in [0.1, 0.15) is 51.0 Å². The topological polar surface area (TPSA) is 91.4 Å². The number of H-pyrrole nitrogens is 1. The Labute approximate surface area is 228 Å². The van der Waals surface area contributed by atoms with Crippen LogP contribution in [0.2, 0.25) is 5.02 Å². The van der Waals surface area contributed by atoms with Gasteiger partial charge in [-0.3, -0.25) is 0 Å². The van der Waals surface area contributed by atoms with Gasteiger partial charge >= 0.3 is 6.03 Å². The number of aromatic amines is 1. The SMILES string of the molecule is CC(=O)CC1CC=C(c2ccc(-c3nc4nc(OC5CCN(C(=O)N(C)C)CC5)[nH]c4cc3Cl)cc2)CC1. The maximum atomic E-state index is 12.2. The van der Waals surface area contributed by atoms with Gasteiger partial charge in [0.15, 0.2) is 5.65 Å². The fourth-order valence-corrected chi connectivity index (χ4v) is 5.60. The summed E-state index contributed by atoms with van der Waals surface area (Å²) in [4.78, 5) is 39.5. The Morgan fingerprint density at radius 1 is 1.11 bits per heavy atom. The van der Waals surface area contributed by atoms with E-state index in [2.05, 4.69) is 28.2 Å². The Hall–Kier alpha value is -3.39. The van der Waals surface area contributed by atoms with Crippen LogP contribution in [-0.4, -0.2) is 69.9 Å². The first-order valence-electron chi connectivity index (χ1n) is 13.2. The van der Waals surface area contributed by atoms with Crippen molar-refractivity contribution in [3.05, 3.63) is 47.0 Å².